The highest BCUT2D eigenvalue weighted by Gasteiger charge is 2.40. The van der Waals surface area contributed by atoms with E-state index in [1.165, 1.54) is 17.0 Å². The fourth-order valence-corrected chi connectivity index (χ4v) is 4.92. The smallest absolute Gasteiger partial charge is 0.417 e. The molecular formula is C30H27FN2O3. The van der Waals surface area contributed by atoms with Crippen LogP contribution in [0.4, 0.5) is 9.18 Å². The molecule has 2 heterocycles. The predicted octanol–water partition coefficient (Wildman–Crippen LogP) is 6.51. The van der Waals surface area contributed by atoms with E-state index in [-0.39, 0.29) is 24.4 Å². The number of carbonyl (C=O) groups excluding carboxylic acids is 2. The van der Waals surface area contributed by atoms with Crippen LogP contribution in [-0.2, 0) is 16.0 Å². The molecule has 1 unspecified atom stereocenters. The minimum absolute atomic E-state index is 0.197. The Morgan fingerprint density at radius 1 is 1.08 bits per heavy atom. The molecule has 182 valence electrons. The molecule has 1 fully saturated rings. The first kappa shape index (κ1) is 23.7. The van der Waals surface area contributed by atoms with Crippen molar-refractivity contribution in [3.8, 4) is 11.1 Å². The Morgan fingerprint density at radius 2 is 1.86 bits per heavy atom. The van der Waals surface area contributed by atoms with Crippen molar-refractivity contribution in [1.82, 2.24) is 9.88 Å². The van der Waals surface area contributed by atoms with Gasteiger partial charge in [-0.2, -0.15) is 0 Å². The first-order valence-corrected chi connectivity index (χ1v) is 12.2. The van der Waals surface area contributed by atoms with E-state index in [0.717, 1.165) is 34.1 Å². The summed E-state index contributed by atoms with van der Waals surface area (Å²) in [4.78, 5) is 31.9. The summed E-state index contributed by atoms with van der Waals surface area (Å²) in [6.45, 7) is 2.22. The molecule has 1 aromatic heterocycles. The van der Waals surface area contributed by atoms with E-state index in [0.29, 0.717) is 18.4 Å². The van der Waals surface area contributed by atoms with Crippen LogP contribution in [0.25, 0.3) is 22.0 Å². The number of aromatic nitrogens is 1. The van der Waals surface area contributed by atoms with E-state index in [1.807, 2.05) is 67.6 Å². The molecule has 0 N–H and O–H groups in total. The number of pyridine rings is 1. The summed E-state index contributed by atoms with van der Waals surface area (Å²) in [5.74, 6) is -1.01. The third kappa shape index (κ3) is 4.71. The number of imide groups is 1. The fraction of sp³-hybridized carbons (Fsp3) is 0.233. The minimum atomic E-state index is -0.580. The number of cyclic esters (lactones) is 1. The summed E-state index contributed by atoms with van der Waals surface area (Å²) >= 11 is 0. The fourth-order valence-electron chi connectivity index (χ4n) is 4.92. The molecule has 1 saturated heterocycles. The van der Waals surface area contributed by atoms with Gasteiger partial charge in [-0.3, -0.25) is 9.78 Å². The van der Waals surface area contributed by atoms with Crippen LogP contribution in [0.5, 0.6) is 0 Å². The Labute approximate surface area is 209 Å². The number of carbonyl (C=O) groups is 2. The van der Waals surface area contributed by atoms with Gasteiger partial charge in [0.15, 0.2) is 0 Å². The van der Waals surface area contributed by atoms with Crippen LogP contribution in [0, 0.1) is 5.82 Å². The Balaban J connectivity index is 1.42. The van der Waals surface area contributed by atoms with E-state index < -0.39 is 12.0 Å². The van der Waals surface area contributed by atoms with Crippen LogP contribution in [0.15, 0.2) is 85.1 Å². The first-order chi connectivity index (χ1) is 17.5. The van der Waals surface area contributed by atoms with Gasteiger partial charge < -0.3 is 4.74 Å². The summed E-state index contributed by atoms with van der Waals surface area (Å²) in [7, 11) is 0. The molecular weight excluding hydrogens is 455 g/mol. The topological polar surface area (TPSA) is 59.5 Å². The van der Waals surface area contributed by atoms with Gasteiger partial charge in [0.25, 0.3) is 0 Å². The number of halogens is 1. The standard InChI is InChI=1S/C30H27FN2O3/c1-2-6-26(29(34)33-24(19-36-30(33)35)17-20-7-4-3-5-8-20)22-11-9-21(10-12-22)25-15-16-32-28-14-13-23(31)18-27(25)28/h3-5,7-16,18,24,26H,2,6,17,19H2,1H3/t24-,26?/m1/s1. The molecule has 2 atom stereocenters. The zero-order chi connectivity index (χ0) is 25.1. The molecule has 4 aromatic rings. The first-order valence-electron chi connectivity index (χ1n) is 12.2. The van der Waals surface area contributed by atoms with Crippen LogP contribution in [0.1, 0.15) is 36.8 Å². The average Bonchev–Trinajstić information content (AvgIpc) is 3.27. The molecule has 3 aromatic carbocycles. The number of hydrogen-bond donors (Lipinski definition) is 0. The average molecular weight is 483 g/mol. The molecule has 0 saturated carbocycles. The maximum atomic E-state index is 13.9. The van der Waals surface area contributed by atoms with Crippen LogP contribution in [0.3, 0.4) is 0 Å². The highest BCUT2D eigenvalue weighted by molar-refractivity contribution is 5.98. The zero-order valence-corrected chi connectivity index (χ0v) is 20.1. The van der Waals surface area contributed by atoms with Crippen LogP contribution >= 0.6 is 0 Å². The van der Waals surface area contributed by atoms with E-state index in [4.69, 9.17) is 4.74 Å². The number of nitrogens with zero attached hydrogens (tertiary/aromatic N) is 2. The molecule has 0 bridgehead atoms. The van der Waals surface area contributed by atoms with Gasteiger partial charge >= 0.3 is 6.09 Å². The van der Waals surface area contributed by atoms with E-state index >= 15 is 0 Å². The molecule has 0 aliphatic carbocycles. The summed E-state index contributed by atoms with van der Waals surface area (Å²) in [5, 5.41) is 0.731. The number of rotatable bonds is 7. The number of hydrogen-bond acceptors (Lipinski definition) is 4. The molecule has 5 nitrogen and oxygen atoms in total. The van der Waals surface area contributed by atoms with Gasteiger partial charge in [-0.1, -0.05) is 67.9 Å². The minimum Gasteiger partial charge on any atom is -0.447 e. The summed E-state index contributed by atoms with van der Waals surface area (Å²) < 4.78 is 19.2. The molecule has 6 heteroatoms. The monoisotopic (exact) mass is 482 g/mol. The molecule has 36 heavy (non-hydrogen) atoms. The molecule has 0 spiro atoms. The lowest BCUT2D eigenvalue weighted by atomic mass is 9.90. The number of ether oxygens (including phenoxy) is 1. The summed E-state index contributed by atoms with van der Waals surface area (Å²) in [6, 6.07) is 23.6. The molecule has 0 radical (unpaired) electrons. The van der Waals surface area contributed by atoms with Crippen molar-refractivity contribution < 1.29 is 18.7 Å². The van der Waals surface area contributed by atoms with Crippen molar-refractivity contribution in [2.75, 3.05) is 6.61 Å². The second-order valence-corrected chi connectivity index (χ2v) is 9.11. The number of benzene rings is 3. The molecule has 1 aliphatic heterocycles. The van der Waals surface area contributed by atoms with Gasteiger partial charge in [0.1, 0.15) is 12.4 Å². The third-order valence-electron chi connectivity index (χ3n) is 6.72. The summed E-state index contributed by atoms with van der Waals surface area (Å²) in [6.07, 6.45) is 3.09. The van der Waals surface area contributed by atoms with Crippen molar-refractivity contribution >= 4 is 22.9 Å². The Hall–Kier alpha value is -4.06. The Bertz CT molecular complexity index is 1390. The van der Waals surface area contributed by atoms with Gasteiger partial charge in [-0.25, -0.2) is 14.1 Å². The van der Waals surface area contributed by atoms with Crippen molar-refractivity contribution in [2.45, 2.75) is 38.1 Å². The lowest BCUT2D eigenvalue weighted by Crippen LogP contribution is -2.42. The predicted molar refractivity (Wildman–Crippen MR) is 137 cm³/mol. The van der Waals surface area contributed by atoms with Crippen molar-refractivity contribution in [3.63, 3.8) is 0 Å². The highest BCUT2D eigenvalue weighted by atomic mass is 19.1. The van der Waals surface area contributed by atoms with E-state index in [9.17, 15) is 14.0 Å². The maximum absolute atomic E-state index is 13.9. The Morgan fingerprint density at radius 3 is 2.61 bits per heavy atom. The van der Waals surface area contributed by atoms with Gasteiger partial charge in [0.05, 0.1) is 17.5 Å². The molecule has 2 amide bonds. The normalized spacial score (nSPS) is 16.2. The maximum Gasteiger partial charge on any atom is 0.417 e. The highest BCUT2D eigenvalue weighted by Crippen LogP contribution is 2.32. The number of amides is 2. The van der Waals surface area contributed by atoms with Crippen LogP contribution < -0.4 is 0 Å². The van der Waals surface area contributed by atoms with Gasteiger partial charge in [0.2, 0.25) is 5.91 Å². The van der Waals surface area contributed by atoms with Crippen molar-refractivity contribution in [1.29, 1.82) is 0 Å². The van der Waals surface area contributed by atoms with Crippen molar-refractivity contribution in [2.24, 2.45) is 0 Å². The molecule has 5 rings (SSSR count). The van der Waals surface area contributed by atoms with Crippen molar-refractivity contribution in [3.05, 3.63) is 102 Å². The zero-order valence-electron chi connectivity index (χ0n) is 20.1. The quantitative estimate of drug-likeness (QED) is 0.301. The van der Waals surface area contributed by atoms with E-state index in [1.54, 1.807) is 12.3 Å². The second kappa shape index (κ2) is 10.3. The van der Waals surface area contributed by atoms with Crippen LogP contribution in [0.2, 0.25) is 0 Å². The summed E-state index contributed by atoms with van der Waals surface area (Å²) in [5.41, 5.74) is 4.38. The SMILES string of the molecule is CCCC(C(=O)N1C(=O)OC[C@H]1Cc1ccccc1)c1ccc(-c2ccnc3ccc(F)cc23)cc1. The lowest BCUT2D eigenvalue weighted by molar-refractivity contribution is -0.131. The van der Waals surface area contributed by atoms with Crippen LogP contribution in [-0.4, -0.2) is 34.5 Å². The van der Waals surface area contributed by atoms with E-state index in [2.05, 4.69) is 4.98 Å². The van der Waals surface area contributed by atoms with Gasteiger partial charge in [0, 0.05) is 11.6 Å². The third-order valence-corrected chi connectivity index (χ3v) is 6.72. The largest absolute Gasteiger partial charge is 0.447 e. The lowest BCUT2D eigenvalue weighted by Gasteiger charge is -2.25. The second-order valence-electron chi connectivity index (χ2n) is 9.11. The molecule has 1 aliphatic rings. The van der Waals surface area contributed by atoms with Gasteiger partial charge in [-0.15, -0.1) is 0 Å². The number of fused-ring (bicyclic) bond motifs is 1. The Kier molecular flexibility index (Phi) is 6.76. The van der Waals surface area contributed by atoms with Gasteiger partial charge in [-0.05, 0) is 59.4 Å².